The number of imide groups is 1. The molecule has 0 atom stereocenters. The smallest absolute Gasteiger partial charge is 0.262 e. The Morgan fingerprint density at radius 3 is 2.00 bits per heavy atom. The molecule has 4 fully saturated rings. The predicted octanol–water partition coefficient (Wildman–Crippen LogP) is 3.01. The molecule has 0 saturated heterocycles. The third kappa shape index (κ3) is 2.88. The first-order chi connectivity index (χ1) is 13.0. The highest BCUT2D eigenvalue weighted by Crippen LogP contribution is 2.61. The molecule has 0 unspecified atom stereocenters. The SMILES string of the molecule is O=C(CN1C(=O)c2ccccc2C1=O)NCCC12CC3CC(CC(C3)C1)C2. The number of hydrogen-bond donors (Lipinski definition) is 1. The third-order valence-corrected chi connectivity index (χ3v) is 7.32. The quantitative estimate of drug-likeness (QED) is 0.815. The lowest BCUT2D eigenvalue weighted by atomic mass is 9.49. The summed E-state index contributed by atoms with van der Waals surface area (Å²) in [4.78, 5) is 38.2. The normalized spacial score (nSPS) is 33.5. The standard InChI is InChI=1S/C22H26N2O3/c25-19(13-24-20(26)17-3-1-2-4-18(17)21(24)27)23-6-5-22-10-14-7-15(11-22)9-16(8-14)12-22/h1-4,14-16H,5-13H2,(H,23,25). The van der Waals surface area contributed by atoms with E-state index in [1.165, 1.54) is 38.5 Å². The largest absolute Gasteiger partial charge is 0.355 e. The molecule has 1 heterocycles. The number of benzene rings is 1. The molecule has 1 N–H and O–H groups in total. The summed E-state index contributed by atoms with van der Waals surface area (Å²) in [6.07, 6.45) is 9.28. The van der Waals surface area contributed by atoms with Gasteiger partial charge in [-0.2, -0.15) is 0 Å². The van der Waals surface area contributed by atoms with E-state index in [1.54, 1.807) is 24.3 Å². The average molecular weight is 366 g/mol. The van der Waals surface area contributed by atoms with Gasteiger partial charge in [0.15, 0.2) is 0 Å². The highest BCUT2D eigenvalue weighted by atomic mass is 16.2. The van der Waals surface area contributed by atoms with E-state index < -0.39 is 0 Å². The molecule has 1 aromatic rings. The molecule has 5 heteroatoms. The van der Waals surface area contributed by atoms with Crippen molar-refractivity contribution in [3.8, 4) is 0 Å². The van der Waals surface area contributed by atoms with Crippen molar-refractivity contribution in [2.24, 2.45) is 23.2 Å². The van der Waals surface area contributed by atoms with E-state index in [1.807, 2.05) is 0 Å². The maximum atomic E-state index is 12.4. The van der Waals surface area contributed by atoms with Gasteiger partial charge in [0.05, 0.1) is 11.1 Å². The van der Waals surface area contributed by atoms with Gasteiger partial charge >= 0.3 is 0 Å². The van der Waals surface area contributed by atoms with Crippen LogP contribution in [0.2, 0.25) is 0 Å². The van der Waals surface area contributed by atoms with Crippen molar-refractivity contribution in [2.45, 2.75) is 44.9 Å². The van der Waals surface area contributed by atoms with Crippen LogP contribution in [0.25, 0.3) is 0 Å². The second-order valence-electron chi connectivity index (χ2n) is 9.26. The Labute approximate surface area is 159 Å². The van der Waals surface area contributed by atoms with Gasteiger partial charge < -0.3 is 5.32 Å². The Balaban J connectivity index is 1.16. The summed E-state index contributed by atoms with van der Waals surface area (Å²) in [6.45, 7) is 0.460. The molecular formula is C22H26N2O3. The van der Waals surface area contributed by atoms with Gasteiger partial charge in [-0.15, -0.1) is 0 Å². The van der Waals surface area contributed by atoms with Crippen LogP contribution in [0.15, 0.2) is 24.3 Å². The fraction of sp³-hybridized carbons (Fsp3) is 0.591. The van der Waals surface area contributed by atoms with Crippen molar-refractivity contribution < 1.29 is 14.4 Å². The maximum absolute atomic E-state index is 12.4. The van der Waals surface area contributed by atoms with Crippen LogP contribution in [0.1, 0.15) is 65.7 Å². The van der Waals surface area contributed by atoms with Gasteiger partial charge in [0.2, 0.25) is 5.91 Å². The van der Waals surface area contributed by atoms with Crippen molar-refractivity contribution in [2.75, 3.05) is 13.1 Å². The van der Waals surface area contributed by atoms with Gasteiger partial charge in [-0.25, -0.2) is 0 Å². The Kier molecular flexibility index (Phi) is 3.88. The molecule has 5 aliphatic rings. The molecule has 1 aliphatic heterocycles. The molecule has 142 valence electrons. The van der Waals surface area contributed by atoms with Crippen molar-refractivity contribution in [1.29, 1.82) is 0 Å². The average Bonchev–Trinajstić information content (AvgIpc) is 2.86. The Morgan fingerprint density at radius 2 is 1.48 bits per heavy atom. The van der Waals surface area contributed by atoms with Crippen LogP contribution in [-0.4, -0.2) is 35.7 Å². The van der Waals surface area contributed by atoms with Gasteiger partial charge in [0.25, 0.3) is 11.8 Å². The Hall–Kier alpha value is -2.17. The summed E-state index contributed by atoms with van der Waals surface area (Å²) >= 11 is 0. The number of hydrogen-bond acceptors (Lipinski definition) is 3. The molecule has 6 rings (SSSR count). The lowest BCUT2D eigenvalue weighted by Crippen LogP contribution is -2.47. The van der Waals surface area contributed by atoms with Crippen LogP contribution < -0.4 is 5.32 Å². The molecule has 27 heavy (non-hydrogen) atoms. The number of fused-ring (bicyclic) bond motifs is 1. The number of nitrogens with zero attached hydrogens (tertiary/aromatic N) is 1. The molecule has 3 amide bonds. The zero-order valence-corrected chi connectivity index (χ0v) is 15.6. The van der Waals surface area contributed by atoms with Gasteiger partial charge in [-0.05, 0) is 80.2 Å². The molecule has 0 spiro atoms. The molecule has 4 bridgehead atoms. The molecule has 0 radical (unpaired) electrons. The molecule has 1 aromatic carbocycles. The van der Waals surface area contributed by atoms with Crippen LogP contribution in [0.3, 0.4) is 0 Å². The van der Waals surface area contributed by atoms with E-state index >= 15 is 0 Å². The zero-order valence-electron chi connectivity index (χ0n) is 15.6. The van der Waals surface area contributed by atoms with Crippen molar-refractivity contribution in [1.82, 2.24) is 10.2 Å². The van der Waals surface area contributed by atoms with E-state index in [4.69, 9.17) is 0 Å². The summed E-state index contributed by atoms with van der Waals surface area (Å²) in [7, 11) is 0. The summed E-state index contributed by atoms with van der Waals surface area (Å²) in [5.74, 6) is 1.74. The van der Waals surface area contributed by atoms with E-state index in [-0.39, 0.29) is 24.3 Å². The third-order valence-electron chi connectivity index (χ3n) is 7.32. The summed E-state index contributed by atoms with van der Waals surface area (Å²) < 4.78 is 0. The first-order valence-corrected chi connectivity index (χ1v) is 10.2. The van der Waals surface area contributed by atoms with Crippen molar-refractivity contribution in [3.05, 3.63) is 35.4 Å². The van der Waals surface area contributed by atoms with Crippen LogP contribution in [0.5, 0.6) is 0 Å². The summed E-state index contributed by atoms with van der Waals surface area (Å²) in [5.41, 5.74) is 1.21. The fourth-order valence-electron chi connectivity index (χ4n) is 6.65. The number of rotatable bonds is 5. The van der Waals surface area contributed by atoms with Crippen LogP contribution >= 0.6 is 0 Å². The van der Waals surface area contributed by atoms with Gasteiger partial charge in [0, 0.05) is 6.54 Å². The van der Waals surface area contributed by atoms with E-state index in [0.717, 1.165) is 29.1 Å². The Bertz CT molecular complexity index is 745. The van der Waals surface area contributed by atoms with Gasteiger partial charge in [-0.3, -0.25) is 19.3 Å². The topological polar surface area (TPSA) is 66.5 Å². The first kappa shape index (κ1) is 17.0. The summed E-state index contributed by atoms with van der Waals surface area (Å²) in [5, 5.41) is 2.97. The second-order valence-corrected chi connectivity index (χ2v) is 9.26. The predicted molar refractivity (Wildman–Crippen MR) is 100 cm³/mol. The highest BCUT2D eigenvalue weighted by Gasteiger charge is 2.50. The lowest BCUT2D eigenvalue weighted by Gasteiger charge is -2.57. The monoisotopic (exact) mass is 366 g/mol. The van der Waals surface area contributed by atoms with E-state index in [0.29, 0.717) is 23.1 Å². The fourth-order valence-corrected chi connectivity index (χ4v) is 6.65. The molecule has 4 aliphatic carbocycles. The highest BCUT2D eigenvalue weighted by molar-refractivity contribution is 6.22. The minimum absolute atomic E-state index is 0.187. The second kappa shape index (κ2) is 6.18. The molecule has 5 nitrogen and oxygen atoms in total. The van der Waals surface area contributed by atoms with E-state index in [9.17, 15) is 14.4 Å². The number of carbonyl (C=O) groups excluding carboxylic acids is 3. The first-order valence-electron chi connectivity index (χ1n) is 10.2. The molecule has 4 saturated carbocycles. The van der Waals surface area contributed by atoms with Crippen molar-refractivity contribution >= 4 is 17.7 Å². The van der Waals surface area contributed by atoms with Crippen LogP contribution in [0.4, 0.5) is 0 Å². The number of nitrogens with one attached hydrogen (secondary N) is 1. The molecule has 0 aromatic heterocycles. The van der Waals surface area contributed by atoms with Crippen LogP contribution in [0, 0.1) is 23.2 Å². The van der Waals surface area contributed by atoms with Crippen molar-refractivity contribution in [3.63, 3.8) is 0 Å². The minimum atomic E-state index is -0.369. The van der Waals surface area contributed by atoms with Gasteiger partial charge in [-0.1, -0.05) is 12.1 Å². The molecular weight excluding hydrogens is 340 g/mol. The van der Waals surface area contributed by atoms with Gasteiger partial charge in [0.1, 0.15) is 6.54 Å². The van der Waals surface area contributed by atoms with E-state index in [2.05, 4.69) is 5.32 Å². The number of amides is 3. The number of carbonyl (C=O) groups is 3. The minimum Gasteiger partial charge on any atom is -0.355 e. The van der Waals surface area contributed by atoms with Crippen LogP contribution in [-0.2, 0) is 4.79 Å². The summed E-state index contributed by atoms with van der Waals surface area (Å²) in [6, 6.07) is 6.75. The lowest BCUT2D eigenvalue weighted by molar-refractivity contribution is -0.121. The Morgan fingerprint density at radius 1 is 0.963 bits per heavy atom. The maximum Gasteiger partial charge on any atom is 0.262 e. The zero-order chi connectivity index (χ0) is 18.6.